The molecule has 1 nitrogen and oxygen atoms in total. The quantitative estimate of drug-likeness (QED) is 0.204. The fourth-order valence-electron chi connectivity index (χ4n) is 7.22. The minimum Gasteiger partial charge on any atom is -0.278 e. The van der Waals surface area contributed by atoms with Gasteiger partial charge in [-0.2, -0.15) is 0 Å². The molecule has 3 rings (SSSR count). The van der Waals surface area contributed by atoms with E-state index in [9.17, 15) is 0 Å². The van der Waals surface area contributed by atoms with E-state index in [2.05, 4.69) is 86.2 Å². The van der Waals surface area contributed by atoms with E-state index in [0.29, 0.717) is 17.3 Å². The van der Waals surface area contributed by atoms with E-state index in [4.69, 9.17) is 4.99 Å². The Balaban J connectivity index is 1.78. The zero-order chi connectivity index (χ0) is 28.0. The molecule has 1 aromatic rings. The molecule has 0 spiro atoms. The van der Waals surface area contributed by atoms with Crippen LogP contribution in [0.1, 0.15) is 156 Å². The topological polar surface area (TPSA) is 12.4 Å². The standard InChI is InChI=1S/C37H61N/c1-10-15-25-36(8,9)33-26-32(23-22-29(33)11-2)37(27-31(37)12-3)38-34(13-4)30-20-18-28(19-21-30)17-16-24-35(6,7)14-5/h13,22-23,26,28,30-31H,4,10-12,14-21,24-25,27H2,1-3,5-9H3. The zero-order valence-corrected chi connectivity index (χ0v) is 26.6. The molecule has 0 saturated heterocycles. The molecule has 0 N–H and O–H groups in total. The second kappa shape index (κ2) is 13.3. The van der Waals surface area contributed by atoms with E-state index in [-0.39, 0.29) is 11.0 Å². The van der Waals surface area contributed by atoms with Crippen LogP contribution in [0.5, 0.6) is 0 Å². The van der Waals surface area contributed by atoms with Gasteiger partial charge >= 0.3 is 0 Å². The predicted octanol–water partition coefficient (Wildman–Crippen LogP) is 11.4. The molecule has 0 bridgehead atoms. The predicted molar refractivity (Wildman–Crippen MR) is 169 cm³/mol. The Hall–Kier alpha value is -1.37. The third-order valence-electron chi connectivity index (χ3n) is 10.7. The van der Waals surface area contributed by atoms with E-state index in [0.717, 1.165) is 12.3 Å². The van der Waals surface area contributed by atoms with Crippen molar-refractivity contribution in [3.05, 3.63) is 47.5 Å². The van der Waals surface area contributed by atoms with E-state index < -0.39 is 0 Å². The van der Waals surface area contributed by atoms with Gasteiger partial charge in [0, 0.05) is 11.6 Å². The minimum absolute atomic E-state index is 0.0251. The van der Waals surface area contributed by atoms with E-state index in [1.807, 2.05) is 0 Å². The van der Waals surface area contributed by atoms with Crippen LogP contribution in [-0.4, -0.2) is 5.71 Å². The summed E-state index contributed by atoms with van der Waals surface area (Å²) in [6.07, 6.45) is 20.2. The summed E-state index contributed by atoms with van der Waals surface area (Å²) in [6.45, 7) is 23.4. The summed E-state index contributed by atoms with van der Waals surface area (Å²) in [4.78, 5) is 5.65. The van der Waals surface area contributed by atoms with Crippen molar-refractivity contribution in [1.82, 2.24) is 0 Å². The highest BCUT2D eigenvalue weighted by atomic mass is 15.0. The molecule has 0 heterocycles. The van der Waals surface area contributed by atoms with Gasteiger partial charge in [-0.25, -0.2) is 0 Å². The molecule has 0 aromatic heterocycles. The van der Waals surface area contributed by atoms with Gasteiger partial charge in [-0.3, -0.25) is 4.99 Å². The Morgan fingerprint density at radius 2 is 1.71 bits per heavy atom. The van der Waals surface area contributed by atoms with Crippen LogP contribution in [0.25, 0.3) is 0 Å². The van der Waals surface area contributed by atoms with Crippen molar-refractivity contribution >= 4 is 5.71 Å². The van der Waals surface area contributed by atoms with Crippen LogP contribution < -0.4 is 0 Å². The summed E-state index contributed by atoms with van der Waals surface area (Å²) < 4.78 is 0. The van der Waals surface area contributed by atoms with Crippen LogP contribution in [0.15, 0.2) is 35.8 Å². The molecule has 2 unspecified atom stereocenters. The monoisotopic (exact) mass is 519 g/mol. The van der Waals surface area contributed by atoms with Gasteiger partial charge in [-0.1, -0.05) is 119 Å². The van der Waals surface area contributed by atoms with Crippen molar-refractivity contribution < 1.29 is 0 Å². The average molecular weight is 520 g/mol. The first-order valence-electron chi connectivity index (χ1n) is 16.4. The van der Waals surface area contributed by atoms with Crippen LogP contribution in [0.4, 0.5) is 0 Å². The van der Waals surface area contributed by atoms with Gasteiger partial charge in [0.05, 0.1) is 5.54 Å². The first-order chi connectivity index (χ1) is 18.1. The number of aliphatic imine (C=N–C) groups is 1. The molecule has 0 amide bonds. The smallest absolute Gasteiger partial charge is 0.0892 e. The number of rotatable bonds is 15. The number of nitrogens with zero attached hydrogens (tertiary/aromatic N) is 1. The van der Waals surface area contributed by atoms with Gasteiger partial charge in [-0.05, 0) is 96.8 Å². The van der Waals surface area contributed by atoms with Crippen molar-refractivity contribution in [3.63, 3.8) is 0 Å². The SMILES string of the molecule is C=CC(=NC1(c2ccc(CC)c(C(C)(C)CCCC)c2)CC1CC)C1CCC(CCCC(C)(C)CC)CC1. The summed E-state index contributed by atoms with van der Waals surface area (Å²) in [5.74, 6) is 2.17. The highest BCUT2D eigenvalue weighted by Crippen LogP contribution is 2.58. The van der Waals surface area contributed by atoms with Crippen molar-refractivity contribution in [2.24, 2.45) is 28.2 Å². The summed E-state index contributed by atoms with van der Waals surface area (Å²) in [6, 6.07) is 7.43. The van der Waals surface area contributed by atoms with Crippen molar-refractivity contribution in [1.29, 1.82) is 0 Å². The second-order valence-corrected chi connectivity index (χ2v) is 14.3. The van der Waals surface area contributed by atoms with Crippen LogP contribution in [-0.2, 0) is 17.4 Å². The lowest BCUT2D eigenvalue weighted by Crippen LogP contribution is -2.24. The molecule has 2 atom stereocenters. The number of hydrogen-bond donors (Lipinski definition) is 0. The summed E-state index contributed by atoms with van der Waals surface area (Å²) >= 11 is 0. The van der Waals surface area contributed by atoms with Gasteiger partial charge in [0.25, 0.3) is 0 Å². The van der Waals surface area contributed by atoms with Gasteiger partial charge in [-0.15, -0.1) is 0 Å². The lowest BCUT2D eigenvalue weighted by molar-refractivity contribution is 0.261. The molecule has 2 fully saturated rings. The molecule has 0 aliphatic heterocycles. The average Bonchev–Trinajstić information content (AvgIpc) is 3.64. The van der Waals surface area contributed by atoms with E-state index >= 15 is 0 Å². The molecule has 214 valence electrons. The van der Waals surface area contributed by atoms with Gasteiger partial charge in [0.15, 0.2) is 0 Å². The highest BCUT2D eigenvalue weighted by Gasteiger charge is 2.55. The third-order valence-corrected chi connectivity index (χ3v) is 10.7. The van der Waals surface area contributed by atoms with E-state index in [1.165, 1.54) is 100 Å². The number of aryl methyl sites for hydroxylation is 1. The molecular weight excluding hydrogens is 458 g/mol. The summed E-state index contributed by atoms with van der Waals surface area (Å²) in [5, 5.41) is 0. The summed E-state index contributed by atoms with van der Waals surface area (Å²) in [5.41, 5.74) is 6.55. The third kappa shape index (κ3) is 7.42. The highest BCUT2D eigenvalue weighted by molar-refractivity contribution is 5.97. The molecule has 38 heavy (non-hydrogen) atoms. The Bertz CT molecular complexity index is 926. The van der Waals surface area contributed by atoms with Gasteiger partial charge in [0.2, 0.25) is 0 Å². The van der Waals surface area contributed by atoms with Gasteiger partial charge < -0.3 is 0 Å². The lowest BCUT2D eigenvalue weighted by atomic mass is 9.75. The molecule has 2 saturated carbocycles. The first-order valence-corrected chi connectivity index (χ1v) is 16.4. The maximum atomic E-state index is 5.65. The Morgan fingerprint density at radius 3 is 2.26 bits per heavy atom. The van der Waals surface area contributed by atoms with Crippen molar-refractivity contribution in [2.75, 3.05) is 0 Å². The maximum absolute atomic E-state index is 5.65. The van der Waals surface area contributed by atoms with Crippen molar-refractivity contribution in [2.45, 2.75) is 156 Å². The number of unbranched alkanes of at least 4 members (excludes halogenated alkanes) is 1. The minimum atomic E-state index is -0.0251. The number of benzene rings is 1. The Labute approximate surface area is 237 Å². The van der Waals surface area contributed by atoms with E-state index in [1.54, 1.807) is 5.56 Å². The fourth-order valence-corrected chi connectivity index (χ4v) is 7.22. The second-order valence-electron chi connectivity index (χ2n) is 14.3. The van der Waals surface area contributed by atoms with Crippen molar-refractivity contribution in [3.8, 4) is 0 Å². The fraction of sp³-hybridized carbons (Fsp3) is 0.757. The molecule has 1 aromatic carbocycles. The van der Waals surface area contributed by atoms with Crippen LogP contribution in [0.2, 0.25) is 0 Å². The van der Waals surface area contributed by atoms with Gasteiger partial charge in [0.1, 0.15) is 0 Å². The molecule has 1 heteroatoms. The maximum Gasteiger partial charge on any atom is 0.0892 e. The molecule has 0 radical (unpaired) electrons. The molecule has 2 aliphatic rings. The Morgan fingerprint density at radius 1 is 1.00 bits per heavy atom. The zero-order valence-electron chi connectivity index (χ0n) is 26.6. The van der Waals surface area contributed by atoms with Crippen LogP contribution >= 0.6 is 0 Å². The molecule has 2 aliphatic carbocycles. The first kappa shape index (κ1) is 31.2. The summed E-state index contributed by atoms with van der Waals surface area (Å²) in [7, 11) is 0. The lowest BCUT2D eigenvalue weighted by Gasteiger charge is -2.31. The van der Waals surface area contributed by atoms with Crippen LogP contribution in [0, 0.1) is 23.2 Å². The number of allylic oxidation sites excluding steroid dienone is 1. The Kier molecular flexibility index (Phi) is 10.9. The molecular formula is C37H61N. The largest absolute Gasteiger partial charge is 0.278 e. The number of hydrogen-bond acceptors (Lipinski definition) is 1. The normalized spacial score (nSPS) is 26.4. The van der Waals surface area contributed by atoms with Crippen LogP contribution in [0.3, 0.4) is 0 Å².